The molecule has 1 amide bonds. The van der Waals surface area contributed by atoms with Crippen LogP contribution in [0.2, 0.25) is 0 Å². The third-order valence-electron chi connectivity index (χ3n) is 3.85. The average molecular weight is 376 g/mol. The molecule has 1 N–H and O–H groups in total. The van der Waals surface area contributed by atoms with E-state index < -0.39 is 0 Å². The molecule has 0 aliphatic carbocycles. The van der Waals surface area contributed by atoms with Gasteiger partial charge in [-0.1, -0.05) is 11.3 Å². The Bertz CT molecular complexity index is 1060. The summed E-state index contributed by atoms with van der Waals surface area (Å²) < 4.78 is 5.42. The predicted molar refractivity (Wildman–Crippen MR) is 106 cm³/mol. The number of hydrogen-bond donors (Lipinski definition) is 1. The lowest BCUT2D eigenvalue weighted by Crippen LogP contribution is -2.14. The molecule has 0 fully saturated rings. The highest BCUT2D eigenvalue weighted by Gasteiger charge is 2.14. The summed E-state index contributed by atoms with van der Waals surface area (Å²) in [6.45, 7) is 2.30. The van der Waals surface area contributed by atoms with Crippen LogP contribution in [-0.4, -0.2) is 27.5 Å². The number of pyridine rings is 2. The molecular formula is C20H16N4O2S. The number of carbonyl (C=O) groups excluding carboxylic acids is 1. The van der Waals surface area contributed by atoms with Crippen LogP contribution in [-0.2, 0) is 0 Å². The van der Waals surface area contributed by atoms with E-state index in [1.807, 2.05) is 43.3 Å². The number of nitrogens with zero attached hydrogens (tertiary/aromatic N) is 3. The minimum Gasteiger partial charge on any atom is -0.477 e. The van der Waals surface area contributed by atoms with Crippen LogP contribution >= 0.6 is 11.3 Å². The topological polar surface area (TPSA) is 77.0 Å². The fourth-order valence-electron chi connectivity index (χ4n) is 2.60. The largest absolute Gasteiger partial charge is 0.477 e. The molecule has 134 valence electrons. The smallest absolute Gasteiger partial charge is 0.261 e. The maximum absolute atomic E-state index is 12.5. The number of thiazole rings is 1. The third kappa shape index (κ3) is 3.63. The van der Waals surface area contributed by atoms with Crippen molar-refractivity contribution < 1.29 is 9.53 Å². The maximum Gasteiger partial charge on any atom is 0.261 e. The zero-order valence-electron chi connectivity index (χ0n) is 14.5. The Balaban J connectivity index is 1.53. The number of rotatable bonds is 5. The van der Waals surface area contributed by atoms with Crippen molar-refractivity contribution in [3.8, 4) is 16.5 Å². The average Bonchev–Trinajstić information content (AvgIpc) is 3.13. The van der Waals surface area contributed by atoms with Gasteiger partial charge in [0.25, 0.3) is 5.91 Å². The van der Waals surface area contributed by atoms with Crippen molar-refractivity contribution in [3.05, 3.63) is 66.5 Å². The van der Waals surface area contributed by atoms with Gasteiger partial charge in [0.2, 0.25) is 5.88 Å². The molecule has 0 radical (unpaired) electrons. The number of nitrogens with one attached hydrogen (secondary N) is 1. The van der Waals surface area contributed by atoms with E-state index in [4.69, 9.17) is 4.74 Å². The predicted octanol–water partition coefficient (Wildman–Crippen LogP) is 4.40. The van der Waals surface area contributed by atoms with Gasteiger partial charge < -0.3 is 10.1 Å². The first-order valence-electron chi connectivity index (χ1n) is 8.46. The first kappa shape index (κ1) is 17.1. The molecule has 0 saturated carbocycles. The van der Waals surface area contributed by atoms with Crippen LogP contribution in [0.15, 0.2) is 60.9 Å². The van der Waals surface area contributed by atoms with Crippen LogP contribution in [0.1, 0.15) is 17.3 Å². The number of hydrogen-bond acceptors (Lipinski definition) is 6. The molecule has 3 aromatic heterocycles. The molecule has 3 heterocycles. The lowest BCUT2D eigenvalue weighted by molar-refractivity contribution is 0.102. The summed E-state index contributed by atoms with van der Waals surface area (Å²) in [6.07, 6.45) is 3.36. The number of carbonyl (C=O) groups is 1. The first-order valence-corrected chi connectivity index (χ1v) is 9.27. The molecule has 1 aromatic carbocycles. The fourth-order valence-corrected chi connectivity index (χ4v) is 3.52. The molecule has 0 bridgehead atoms. The van der Waals surface area contributed by atoms with Crippen molar-refractivity contribution in [1.29, 1.82) is 0 Å². The van der Waals surface area contributed by atoms with E-state index in [1.54, 1.807) is 35.9 Å². The van der Waals surface area contributed by atoms with E-state index in [1.165, 1.54) is 0 Å². The third-order valence-corrected chi connectivity index (χ3v) is 4.88. The van der Waals surface area contributed by atoms with Crippen LogP contribution < -0.4 is 10.1 Å². The fraction of sp³-hybridized carbons (Fsp3) is 0.100. The lowest BCUT2D eigenvalue weighted by Gasteiger charge is -2.09. The number of fused-ring (bicyclic) bond motifs is 1. The normalized spacial score (nSPS) is 10.7. The quantitative estimate of drug-likeness (QED) is 0.558. The van der Waals surface area contributed by atoms with Crippen molar-refractivity contribution in [2.45, 2.75) is 6.92 Å². The van der Waals surface area contributed by atoms with E-state index in [2.05, 4.69) is 20.3 Å². The Morgan fingerprint density at radius 1 is 1.07 bits per heavy atom. The SMILES string of the molecule is CCOc1ncccc1C(=O)Nc1ccc(-c2nc3cccnc3s2)cc1. The Hall–Kier alpha value is -3.32. The van der Waals surface area contributed by atoms with Gasteiger partial charge in [0.05, 0.1) is 6.61 Å². The molecule has 4 rings (SSSR count). The summed E-state index contributed by atoms with van der Waals surface area (Å²) in [5, 5.41) is 3.77. The molecule has 0 spiro atoms. The van der Waals surface area contributed by atoms with Crippen molar-refractivity contribution in [2.75, 3.05) is 11.9 Å². The monoisotopic (exact) mass is 376 g/mol. The van der Waals surface area contributed by atoms with Gasteiger partial charge in [-0.3, -0.25) is 4.79 Å². The highest BCUT2D eigenvalue weighted by atomic mass is 32.1. The summed E-state index contributed by atoms with van der Waals surface area (Å²) in [7, 11) is 0. The van der Waals surface area contributed by atoms with Crippen molar-refractivity contribution >= 4 is 33.3 Å². The van der Waals surface area contributed by atoms with Crippen LogP contribution in [0.3, 0.4) is 0 Å². The van der Waals surface area contributed by atoms with Crippen molar-refractivity contribution in [3.63, 3.8) is 0 Å². The molecule has 0 aliphatic rings. The van der Waals surface area contributed by atoms with E-state index in [-0.39, 0.29) is 5.91 Å². The number of benzene rings is 1. The molecule has 0 unspecified atom stereocenters. The van der Waals surface area contributed by atoms with E-state index >= 15 is 0 Å². The second-order valence-corrected chi connectivity index (χ2v) is 6.64. The minimum atomic E-state index is -0.261. The highest BCUT2D eigenvalue weighted by Crippen LogP contribution is 2.29. The van der Waals surface area contributed by atoms with Crippen LogP contribution in [0.5, 0.6) is 5.88 Å². The van der Waals surface area contributed by atoms with Crippen LogP contribution in [0.25, 0.3) is 20.9 Å². The van der Waals surface area contributed by atoms with Crippen LogP contribution in [0, 0.1) is 0 Å². The van der Waals surface area contributed by atoms with E-state index in [0.717, 1.165) is 20.9 Å². The second-order valence-electron chi connectivity index (χ2n) is 5.67. The Labute approximate surface area is 159 Å². The van der Waals surface area contributed by atoms with Gasteiger partial charge in [0.1, 0.15) is 20.9 Å². The minimum absolute atomic E-state index is 0.261. The first-order chi connectivity index (χ1) is 13.2. The summed E-state index contributed by atoms with van der Waals surface area (Å²) >= 11 is 1.54. The van der Waals surface area contributed by atoms with Gasteiger partial charge in [-0.25, -0.2) is 15.0 Å². The van der Waals surface area contributed by atoms with Gasteiger partial charge in [-0.05, 0) is 55.5 Å². The van der Waals surface area contributed by atoms with Crippen molar-refractivity contribution in [2.24, 2.45) is 0 Å². The summed E-state index contributed by atoms with van der Waals surface area (Å²) in [4.78, 5) is 26.5. The molecule has 4 aromatic rings. The van der Waals surface area contributed by atoms with Gasteiger partial charge in [0, 0.05) is 23.6 Å². The molecular weight excluding hydrogens is 360 g/mol. The Morgan fingerprint density at radius 2 is 1.85 bits per heavy atom. The van der Waals surface area contributed by atoms with Crippen molar-refractivity contribution in [1.82, 2.24) is 15.0 Å². The summed E-state index contributed by atoms with van der Waals surface area (Å²) in [5.74, 6) is 0.0691. The number of amides is 1. The van der Waals surface area contributed by atoms with Gasteiger partial charge in [0.15, 0.2) is 0 Å². The number of aromatic nitrogens is 3. The van der Waals surface area contributed by atoms with E-state index in [9.17, 15) is 4.79 Å². The van der Waals surface area contributed by atoms with E-state index in [0.29, 0.717) is 23.7 Å². The molecule has 0 aliphatic heterocycles. The van der Waals surface area contributed by atoms with Gasteiger partial charge in [-0.2, -0.15) is 0 Å². The molecule has 0 atom stereocenters. The maximum atomic E-state index is 12.5. The lowest BCUT2D eigenvalue weighted by atomic mass is 10.2. The molecule has 27 heavy (non-hydrogen) atoms. The highest BCUT2D eigenvalue weighted by molar-refractivity contribution is 7.21. The zero-order chi connectivity index (χ0) is 18.6. The van der Waals surface area contributed by atoms with Crippen LogP contribution in [0.4, 0.5) is 5.69 Å². The van der Waals surface area contributed by atoms with Gasteiger partial charge in [-0.15, -0.1) is 0 Å². The standard InChI is InChI=1S/C20H16N4O2S/c1-2-26-18-15(5-3-11-21-18)17(25)23-14-9-7-13(8-10-14)19-24-16-6-4-12-22-20(16)27-19/h3-12H,2H2,1H3,(H,23,25). The summed E-state index contributed by atoms with van der Waals surface area (Å²) in [5.41, 5.74) is 2.96. The zero-order valence-corrected chi connectivity index (χ0v) is 15.4. The summed E-state index contributed by atoms with van der Waals surface area (Å²) in [6, 6.07) is 14.8. The number of anilines is 1. The molecule has 0 saturated heterocycles. The van der Waals surface area contributed by atoms with Gasteiger partial charge >= 0.3 is 0 Å². The molecule has 6 nitrogen and oxygen atoms in total. The second kappa shape index (κ2) is 7.51. The Kier molecular flexibility index (Phi) is 4.76. The Morgan fingerprint density at radius 3 is 2.63 bits per heavy atom. The number of ether oxygens (including phenoxy) is 1. The molecule has 7 heteroatoms.